The number of aryl methyl sites for hydroxylation is 2. The number of nitro benzene ring substituents is 1. The molecule has 130 valence electrons. The van der Waals surface area contributed by atoms with Crippen LogP contribution >= 0.6 is 0 Å². The molecular weight excluding hydrogens is 328 g/mol. The SMILES string of the molecule is Cc1c[n+](CC(=O)c2ccccc2)c(C)cc1-c1ccc([N+](=O)[O-])cc1. The number of benzene rings is 2. The first kappa shape index (κ1) is 17.5. The van der Waals surface area contributed by atoms with Crippen molar-refractivity contribution >= 4 is 11.5 Å². The highest BCUT2D eigenvalue weighted by Gasteiger charge is 2.17. The van der Waals surface area contributed by atoms with Gasteiger partial charge in [-0.3, -0.25) is 14.9 Å². The topological polar surface area (TPSA) is 64.1 Å². The van der Waals surface area contributed by atoms with Crippen LogP contribution in [0.4, 0.5) is 5.69 Å². The summed E-state index contributed by atoms with van der Waals surface area (Å²) in [6.07, 6.45) is 1.95. The lowest BCUT2D eigenvalue weighted by atomic mass is 10.0. The monoisotopic (exact) mass is 347 g/mol. The van der Waals surface area contributed by atoms with E-state index in [0.29, 0.717) is 5.56 Å². The lowest BCUT2D eigenvalue weighted by molar-refractivity contribution is -0.689. The van der Waals surface area contributed by atoms with Crippen molar-refractivity contribution in [2.24, 2.45) is 0 Å². The molecule has 0 aliphatic rings. The zero-order valence-electron chi connectivity index (χ0n) is 14.7. The fourth-order valence-corrected chi connectivity index (χ4v) is 2.92. The molecule has 0 saturated carbocycles. The van der Waals surface area contributed by atoms with Gasteiger partial charge in [-0.05, 0) is 30.2 Å². The lowest BCUT2D eigenvalue weighted by Crippen LogP contribution is -2.41. The number of aromatic nitrogens is 1. The Morgan fingerprint density at radius 1 is 1.04 bits per heavy atom. The number of hydrogen-bond donors (Lipinski definition) is 0. The van der Waals surface area contributed by atoms with Crippen molar-refractivity contribution in [1.82, 2.24) is 0 Å². The molecule has 0 aliphatic heterocycles. The maximum atomic E-state index is 12.4. The number of ketones is 1. The molecule has 0 saturated heterocycles. The molecule has 0 fully saturated rings. The number of non-ortho nitro benzene ring substituents is 1. The number of pyridine rings is 1. The van der Waals surface area contributed by atoms with Gasteiger partial charge in [0.05, 0.1) is 4.92 Å². The minimum Gasteiger partial charge on any atom is -0.287 e. The molecule has 0 spiro atoms. The summed E-state index contributed by atoms with van der Waals surface area (Å²) in [5.74, 6) is 0.0567. The Balaban J connectivity index is 1.88. The number of nitro groups is 1. The fraction of sp³-hybridized carbons (Fsp3) is 0.143. The average molecular weight is 347 g/mol. The molecule has 0 amide bonds. The van der Waals surface area contributed by atoms with E-state index in [4.69, 9.17) is 0 Å². The Morgan fingerprint density at radius 3 is 2.31 bits per heavy atom. The maximum Gasteiger partial charge on any atom is 0.269 e. The van der Waals surface area contributed by atoms with Gasteiger partial charge in [0.25, 0.3) is 5.69 Å². The van der Waals surface area contributed by atoms with E-state index in [0.717, 1.165) is 22.4 Å². The molecule has 0 N–H and O–H groups in total. The van der Waals surface area contributed by atoms with Crippen molar-refractivity contribution in [2.45, 2.75) is 20.4 Å². The Labute approximate surface area is 151 Å². The van der Waals surface area contributed by atoms with Crippen LogP contribution < -0.4 is 4.57 Å². The molecule has 1 heterocycles. The molecular formula is C21H19N2O3+. The average Bonchev–Trinajstić information content (AvgIpc) is 2.65. The second kappa shape index (κ2) is 7.27. The third-order valence-electron chi connectivity index (χ3n) is 4.38. The molecule has 3 rings (SSSR count). The third-order valence-corrected chi connectivity index (χ3v) is 4.38. The fourth-order valence-electron chi connectivity index (χ4n) is 2.92. The summed E-state index contributed by atoms with van der Waals surface area (Å²) in [5.41, 5.74) is 4.64. The van der Waals surface area contributed by atoms with E-state index in [1.54, 1.807) is 12.1 Å². The number of carbonyl (C=O) groups excluding carboxylic acids is 1. The smallest absolute Gasteiger partial charge is 0.269 e. The van der Waals surface area contributed by atoms with Crippen molar-refractivity contribution in [3.05, 3.63) is 93.8 Å². The molecule has 0 aliphatic carbocycles. The van der Waals surface area contributed by atoms with Gasteiger partial charge in [-0.15, -0.1) is 0 Å². The molecule has 1 aromatic heterocycles. The molecule has 5 nitrogen and oxygen atoms in total. The highest BCUT2D eigenvalue weighted by Crippen LogP contribution is 2.25. The first-order valence-corrected chi connectivity index (χ1v) is 8.29. The van der Waals surface area contributed by atoms with Crippen LogP contribution in [0.15, 0.2) is 66.9 Å². The second-order valence-electron chi connectivity index (χ2n) is 6.23. The summed E-state index contributed by atoms with van der Waals surface area (Å²) in [4.78, 5) is 22.8. The van der Waals surface area contributed by atoms with Crippen LogP contribution in [0.5, 0.6) is 0 Å². The maximum absolute atomic E-state index is 12.4. The van der Waals surface area contributed by atoms with Gasteiger partial charge >= 0.3 is 0 Å². The lowest BCUT2D eigenvalue weighted by Gasteiger charge is -2.08. The Bertz CT molecular complexity index is 965. The summed E-state index contributed by atoms with van der Waals surface area (Å²) in [6.45, 7) is 4.20. The number of Topliss-reactive ketones (excluding diaryl/α,β-unsaturated/α-hetero) is 1. The van der Waals surface area contributed by atoms with Gasteiger partial charge in [0, 0.05) is 36.2 Å². The molecule has 5 heteroatoms. The highest BCUT2D eigenvalue weighted by atomic mass is 16.6. The normalized spacial score (nSPS) is 10.5. The molecule has 2 aromatic carbocycles. The third kappa shape index (κ3) is 3.67. The van der Waals surface area contributed by atoms with Gasteiger partial charge < -0.3 is 0 Å². The van der Waals surface area contributed by atoms with Crippen LogP contribution in [-0.2, 0) is 6.54 Å². The quantitative estimate of drug-likeness (QED) is 0.303. The number of rotatable bonds is 5. The zero-order valence-corrected chi connectivity index (χ0v) is 14.7. The van der Waals surface area contributed by atoms with Crippen LogP contribution in [-0.4, -0.2) is 10.7 Å². The standard InChI is InChI=1S/C21H19N2O3/c1-15-13-22(14-21(24)18-6-4-3-5-7-18)16(2)12-20(15)17-8-10-19(11-9-17)23(25)26/h3-13H,14H2,1-2H3/q+1. The molecule has 3 aromatic rings. The minimum atomic E-state index is -0.407. The number of carbonyl (C=O) groups is 1. The van der Waals surface area contributed by atoms with Crippen molar-refractivity contribution < 1.29 is 14.3 Å². The van der Waals surface area contributed by atoms with Crippen LogP contribution in [0, 0.1) is 24.0 Å². The molecule has 0 bridgehead atoms. The Kier molecular flexibility index (Phi) is 4.89. The van der Waals surface area contributed by atoms with E-state index < -0.39 is 4.92 Å². The van der Waals surface area contributed by atoms with Crippen molar-refractivity contribution in [3.63, 3.8) is 0 Å². The molecule has 0 radical (unpaired) electrons. The van der Waals surface area contributed by atoms with E-state index in [1.165, 1.54) is 12.1 Å². The van der Waals surface area contributed by atoms with Gasteiger partial charge in [0.2, 0.25) is 12.3 Å². The van der Waals surface area contributed by atoms with E-state index in [-0.39, 0.29) is 18.0 Å². The van der Waals surface area contributed by atoms with Crippen LogP contribution in [0.25, 0.3) is 11.1 Å². The van der Waals surface area contributed by atoms with Crippen molar-refractivity contribution in [3.8, 4) is 11.1 Å². The van der Waals surface area contributed by atoms with Gasteiger partial charge in [-0.25, -0.2) is 0 Å². The van der Waals surface area contributed by atoms with Crippen molar-refractivity contribution in [2.75, 3.05) is 0 Å². The van der Waals surface area contributed by atoms with E-state index in [9.17, 15) is 14.9 Å². The van der Waals surface area contributed by atoms with E-state index >= 15 is 0 Å². The highest BCUT2D eigenvalue weighted by molar-refractivity contribution is 5.95. The van der Waals surface area contributed by atoms with Gasteiger partial charge in [0.1, 0.15) is 0 Å². The van der Waals surface area contributed by atoms with E-state index in [2.05, 4.69) is 0 Å². The summed E-state index contributed by atoms with van der Waals surface area (Å²) in [7, 11) is 0. The van der Waals surface area contributed by atoms with Crippen LogP contribution in [0.1, 0.15) is 21.6 Å². The zero-order chi connectivity index (χ0) is 18.7. The van der Waals surface area contributed by atoms with Crippen LogP contribution in [0.2, 0.25) is 0 Å². The number of hydrogen-bond acceptors (Lipinski definition) is 3. The number of nitrogens with zero attached hydrogens (tertiary/aromatic N) is 2. The minimum absolute atomic E-state index is 0.0567. The molecule has 0 unspecified atom stereocenters. The van der Waals surface area contributed by atoms with Gasteiger partial charge in [-0.1, -0.05) is 30.3 Å². The first-order valence-electron chi connectivity index (χ1n) is 8.29. The Hall–Kier alpha value is -3.34. The van der Waals surface area contributed by atoms with Gasteiger partial charge in [0.15, 0.2) is 11.9 Å². The molecule has 0 atom stereocenters. The predicted octanol–water partition coefficient (Wildman–Crippen LogP) is 4.05. The second-order valence-corrected chi connectivity index (χ2v) is 6.23. The summed E-state index contributed by atoms with van der Waals surface area (Å²) < 4.78 is 1.93. The predicted molar refractivity (Wildman–Crippen MR) is 99.0 cm³/mol. The van der Waals surface area contributed by atoms with Crippen molar-refractivity contribution in [1.29, 1.82) is 0 Å². The first-order chi connectivity index (χ1) is 12.5. The Morgan fingerprint density at radius 2 is 1.69 bits per heavy atom. The largest absolute Gasteiger partial charge is 0.287 e. The summed E-state index contributed by atoms with van der Waals surface area (Å²) in [5, 5.41) is 10.8. The summed E-state index contributed by atoms with van der Waals surface area (Å²) >= 11 is 0. The van der Waals surface area contributed by atoms with Gasteiger partial charge in [-0.2, -0.15) is 4.57 Å². The van der Waals surface area contributed by atoms with Crippen LogP contribution in [0.3, 0.4) is 0 Å². The summed E-state index contributed by atoms with van der Waals surface area (Å²) in [6, 6.07) is 17.7. The van der Waals surface area contributed by atoms with E-state index in [1.807, 2.05) is 61.0 Å². The molecule has 26 heavy (non-hydrogen) atoms.